The minimum atomic E-state index is -0.657. The molecule has 0 atom stereocenters. The minimum Gasteiger partial charge on any atom is -0.460 e. The van der Waals surface area contributed by atoms with Crippen LogP contribution in [0.25, 0.3) is 0 Å². The third-order valence-corrected chi connectivity index (χ3v) is 5.17. The number of ether oxygens (including phenoxy) is 10. The van der Waals surface area contributed by atoms with Gasteiger partial charge in [-0.25, -0.2) is 4.79 Å². The summed E-state index contributed by atoms with van der Waals surface area (Å²) in [7, 11) is 0. The van der Waals surface area contributed by atoms with Gasteiger partial charge in [0.25, 0.3) is 0 Å². The molecule has 45 heavy (non-hydrogen) atoms. The Morgan fingerprint density at radius 1 is 0.556 bits per heavy atom. The number of hydroxylamine groups is 1. The summed E-state index contributed by atoms with van der Waals surface area (Å²) in [5.74, 6) is -0.270. The van der Waals surface area contributed by atoms with E-state index < -0.39 is 11.7 Å². The van der Waals surface area contributed by atoms with Crippen molar-refractivity contribution in [3.8, 4) is 0 Å². The minimum absolute atomic E-state index is 0.173. The molecule has 0 unspecified atom stereocenters. The average molecular weight is 648 g/mol. The van der Waals surface area contributed by atoms with Gasteiger partial charge in [0.2, 0.25) is 0 Å². The van der Waals surface area contributed by atoms with Crippen molar-refractivity contribution in [2.24, 2.45) is 0 Å². The zero-order valence-corrected chi connectivity index (χ0v) is 27.1. The van der Waals surface area contributed by atoms with Gasteiger partial charge in [-0.15, -0.1) is 0 Å². The highest BCUT2D eigenvalue weighted by Crippen LogP contribution is 2.08. The molecule has 1 aromatic carbocycles. The number of benzene rings is 1. The predicted molar refractivity (Wildman–Crippen MR) is 163 cm³/mol. The molecule has 0 aliphatic rings. The normalized spacial score (nSPS) is 11.4. The molecular weight excluding hydrogens is 594 g/mol. The second kappa shape index (κ2) is 29.0. The Kier molecular flexibility index (Phi) is 26.2. The largest absolute Gasteiger partial charge is 0.460 e. The number of esters is 1. The van der Waals surface area contributed by atoms with Crippen LogP contribution in [0.15, 0.2) is 30.3 Å². The summed E-state index contributed by atoms with van der Waals surface area (Å²) in [4.78, 5) is 28.1. The molecule has 0 saturated carbocycles. The van der Waals surface area contributed by atoms with E-state index in [2.05, 4.69) is 5.48 Å². The van der Waals surface area contributed by atoms with E-state index in [-0.39, 0.29) is 25.6 Å². The van der Waals surface area contributed by atoms with Crippen LogP contribution in [0, 0.1) is 0 Å². The highest BCUT2D eigenvalue weighted by molar-refractivity contribution is 5.69. The fourth-order valence-corrected chi connectivity index (χ4v) is 3.15. The van der Waals surface area contributed by atoms with Gasteiger partial charge in [0, 0.05) is 0 Å². The first kappa shape index (κ1) is 40.6. The summed E-state index contributed by atoms with van der Waals surface area (Å²) < 4.78 is 53.6. The van der Waals surface area contributed by atoms with Gasteiger partial charge in [0.1, 0.15) is 12.2 Å². The quantitative estimate of drug-likeness (QED) is 0.0742. The number of amides is 1. The van der Waals surface area contributed by atoms with E-state index in [4.69, 9.17) is 52.2 Å². The topological polar surface area (TPSA) is 148 Å². The molecule has 0 bridgehead atoms. The molecule has 260 valence electrons. The molecule has 1 N–H and O–H groups in total. The number of carbonyl (C=O) groups excluding carboxylic acids is 2. The van der Waals surface area contributed by atoms with Gasteiger partial charge in [0.05, 0.1) is 119 Å². The number of hydrogen-bond donors (Lipinski definition) is 1. The van der Waals surface area contributed by atoms with E-state index in [1.54, 1.807) is 0 Å². The lowest BCUT2D eigenvalue weighted by molar-refractivity contribution is -0.156. The zero-order valence-electron chi connectivity index (χ0n) is 27.1. The van der Waals surface area contributed by atoms with Gasteiger partial charge in [-0.2, -0.15) is 5.48 Å². The first-order valence-electron chi connectivity index (χ1n) is 15.3. The molecule has 0 saturated heterocycles. The molecule has 0 aliphatic carbocycles. The van der Waals surface area contributed by atoms with Crippen molar-refractivity contribution in [3.05, 3.63) is 35.9 Å². The summed E-state index contributed by atoms with van der Waals surface area (Å²) in [6.07, 6.45) is -0.430. The smallest absolute Gasteiger partial charge is 0.431 e. The number of hydrogen-bond acceptors (Lipinski definition) is 13. The molecule has 1 aromatic rings. The van der Waals surface area contributed by atoms with Crippen LogP contribution in [-0.4, -0.2) is 130 Å². The zero-order chi connectivity index (χ0) is 32.7. The SMILES string of the molecule is CC(C)(C)OC(=O)CCOCCOCCOCCOCCOCCOCCOCCOCCONC(=O)OCc1ccccc1. The Labute approximate surface area is 267 Å². The Bertz CT molecular complexity index is 823. The molecule has 0 radical (unpaired) electrons. The maximum absolute atomic E-state index is 11.6. The van der Waals surface area contributed by atoms with Crippen LogP contribution in [0.3, 0.4) is 0 Å². The van der Waals surface area contributed by atoms with E-state index in [9.17, 15) is 9.59 Å². The van der Waals surface area contributed by atoms with Gasteiger partial charge >= 0.3 is 12.1 Å². The van der Waals surface area contributed by atoms with Crippen molar-refractivity contribution in [3.63, 3.8) is 0 Å². The Balaban J connectivity index is 1.67. The standard InChI is InChI=1S/C31H53NO13/c1-31(2,3)45-29(33)9-10-35-11-12-36-13-14-37-15-16-38-17-18-39-19-20-40-21-22-41-23-24-42-25-26-44-32-30(34)43-27-28-7-5-4-6-8-28/h4-8H,9-27H2,1-3H3,(H,32,34). The van der Waals surface area contributed by atoms with Gasteiger partial charge in [-0.05, 0) is 26.3 Å². The molecule has 14 heteroatoms. The van der Waals surface area contributed by atoms with Crippen LogP contribution >= 0.6 is 0 Å². The van der Waals surface area contributed by atoms with E-state index in [0.29, 0.717) is 106 Å². The summed E-state index contributed by atoms with van der Waals surface area (Å²) in [6, 6.07) is 9.37. The highest BCUT2D eigenvalue weighted by Gasteiger charge is 2.15. The summed E-state index contributed by atoms with van der Waals surface area (Å²) in [5, 5.41) is 0. The predicted octanol–water partition coefficient (Wildman–Crippen LogP) is 2.71. The van der Waals surface area contributed by atoms with Crippen molar-refractivity contribution in [1.29, 1.82) is 0 Å². The molecule has 0 aromatic heterocycles. The maximum Gasteiger partial charge on any atom is 0.431 e. The molecule has 1 amide bonds. The van der Waals surface area contributed by atoms with Gasteiger partial charge in [-0.3, -0.25) is 9.63 Å². The Hall–Kier alpha value is -2.40. The maximum atomic E-state index is 11.6. The van der Waals surface area contributed by atoms with Gasteiger partial charge in [-0.1, -0.05) is 30.3 Å². The third kappa shape index (κ3) is 30.0. The van der Waals surface area contributed by atoms with Gasteiger partial charge in [0.15, 0.2) is 0 Å². The molecule has 0 heterocycles. The fourth-order valence-electron chi connectivity index (χ4n) is 3.15. The summed E-state index contributed by atoms with van der Waals surface area (Å²) >= 11 is 0. The lowest BCUT2D eigenvalue weighted by atomic mass is 10.2. The van der Waals surface area contributed by atoms with Crippen LogP contribution in [0.1, 0.15) is 32.8 Å². The van der Waals surface area contributed by atoms with Crippen molar-refractivity contribution in [2.75, 3.05) is 112 Å². The second-order valence-electron chi connectivity index (χ2n) is 10.2. The van der Waals surface area contributed by atoms with Crippen LogP contribution in [0.4, 0.5) is 4.79 Å². The molecule has 0 aliphatic heterocycles. The molecule has 0 spiro atoms. The van der Waals surface area contributed by atoms with Crippen LogP contribution < -0.4 is 5.48 Å². The summed E-state index contributed by atoms with van der Waals surface area (Å²) in [5.41, 5.74) is 2.61. The lowest BCUT2D eigenvalue weighted by Crippen LogP contribution is -2.26. The van der Waals surface area contributed by atoms with Crippen LogP contribution in [0.5, 0.6) is 0 Å². The van der Waals surface area contributed by atoms with Crippen molar-refractivity contribution < 1.29 is 61.8 Å². The first-order chi connectivity index (χ1) is 21.9. The third-order valence-electron chi connectivity index (χ3n) is 5.17. The van der Waals surface area contributed by atoms with Crippen molar-refractivity contribution >= 4 is 12.1 Å². The van der Waals surface area contributed by atoms with E-state index in [1.165, 1.54) is 0 Å². The fraction of sp³-hybridized carbons (Fsp3) is 0.742. The van der Waals surface area contributed by atoms with E-state index in [1.807, 2.05) is 51.1 Å². The molecule has 0 fully saturated rings. The van der Waals surface area contributed by atoms with Crippen LogP contribution in [-0.2, 0) is 63.6 Å². The highest BCUT2D eigenvalue weighted by atomic mass is 16.7. The van der Waals surface area contributed by atoms with E-state index >= 15 is 0 Å². The van der Waals surface area contributed by atoms with E-state index in [0.717, 1.165) is 5.56 Å². The second-order valence-corrected chi connectivity index (χ2v) is 10.2. The molecule has 1 rings (SSSR count). The van der Waals surface area contributed by atoms with Gasteiger partial charge < -0.3 is 47.4 Å². The lowest BCUT2D eigenvalue weighted by Gasteiger charge is -2.19. The summed E-state index contributed by atoms with van der Waals surface area (Å²) in [6.45, 7) is 12.8. The monoisotopic (exact) mass is 647 g/mol. The number of rotatable bonds is 30. The molecule has 14 nitrogen and oxygen atoms in total. The Morgan fingerprint density at radius 3 is 1.33 bits per heavy atom. The van der Waals surface area contributed by atoms with Crippen molar-refractivity contribution in [2.45, 2.75) is 39.4 Å². The Morgan fingerprint density at radius 2 is 0.933 bits per heavy atom. The number of nitrogens with one attached hydrogen (secondary N) is 1. The average Bonchev–Trinajstić information content (AvgIpc) is 3.01. The van der Waals surface area contributed by atoms with Crippen molar-refractivity contribution in [1.82, 2.24) is 5.48 Å². The number of carbonyl (C=O) groups is 2. The first-order valence-corrected chi connectivity index (χ1v) is 15.3. The molecular formula is C31H53NO13. The van der Waals surface area contributed by atoms with Crippen LogP contribution in [0.2, 0.25) is 0 Å².